The Balaban J connectivity index is 1.74. The fraction of sp³-hybridized carbons (Fsp3) is 0.467. The van der Waals surface area contributed by atoms with Gasteiger partial charge in [-0.1, -0.05) is 0 Å². The monoisotopic (exact) mass is 279 g/mol. The van der Waals surface area contributed by atoms with Gasteiger partial charge in [0.25, 0.3) is 0 Å². The lowest BCUT2D eigenvalue weighted by atomic mass is 10.1. The second-order valence-electron chi connectivity index (χ2n) is 5.54. The summed E-state index contributed by atoms with van der Waals surface area (Å²) in [5, 5.41) is 3.48. The highest BCUT2D eigenvalue weighted by Gasteiger charge is 2.09. The first-order valence-electron chi connectivity index (χ1n) is 6.46. The highest BCUT2D eigenvalue weighted by Crippen LogP contribution is 2.18. The molecular formula is C15H21NO2S. The zero-order valence-corrected chi connectivity index (χ0v) is 12.5. The van der Waals surface area contributed by atoms with Gasteiger partial charge in [-0.25, -0.2) is 0 Å². The second-order valence-corrected chi connectivity index (χ2v) is 6.80. The van der Waals surface area contributed by atoms with Gasteiger partial charge >= 0.3 is 0 Å². The lowest BCUT2D eigenvalue weighted by molar-refractivity contribution is 0.0948. The number of nitrogens with one attached hydrogen (secondary N) is 1. The molecule has 4 heteroatoms. The lowest BCUT2D eigenvalue weighted by Crippen LogP contribution is -2.34. The summed E-state index contributed by atoms with van der Waals surface area (Å²) in [5.74, 6) is 0.867. The first kappa shape index (κ1) is 14.3. The average molecular weight is 279 g/mol. The predicted molar refractivity (Wildman–Crippen MR) is 78.1 cm³/mol. The Labute approximate surface area is 118 Å². The molecular weight excluding hydrogens is 258 g/mol. The number of furan rings is 1. The van der Waals surface area contributed by atoms with Crippen molar-refractivity contribution in [1.82, 2.24) is 5.32 Å². The van der Waals surface area contributed by atoms with E-state index in [-0.39, 0.29) is 5.54 Å². The van der Waals surface area contributed by atoms with Gasteiger partial charge in [-0.2, -0.15) is 0 Å². The van der Waals surface area contributed by atoms with E-state index < -0.39 is 0 Å². The summed E-state index contributed by atoms with van der Waals surface area (Å²) in [5.41, 5.74) is 0.153. The molecule has 0 unspecified atom stereocenters. The van der Waals surface area contributed by atoms with Crippen LogP contribution in [0.5, 0.6) is 0 Å². The van der Waals surface area contributed by atoms with Crippen molar-refractivity contribution in [2.45, 2.75) is 46.1 Å². The van der Waals surface area contributed by atoms with Crippen LogP contribution in [0.1, 0.15) is 36.3 Å². The molecule has 0 saturated carbocycles. The van der Waals surface area contributed by atoms with E-state index >= 15 is 0 Å². The molecule has 2 rings (SSSR count). The van der Waals surface area contributed by atoms with Gasteiger partial charge in [0.1, 0.15) is 12.4 Å². The fourth-order valence-electron chi connectivity index (χ4n) is 1.59. The molecule has 0 aliphatic heterocycles. The standard InChI is InChI=1S/C15H21NO2S/c1-15(2,3)16-9-13-6-7-14(19-13)11-17-10-12-5-4-8-18-12/h4-8,16H,9-11H2,1-3H3. The lowest BCUT2D eigenvalue weighted by Gasteiger charge is -2.19. The van der Waals surface area contributed by atoms with E-state index in [0.29, 0.717) is 13.2 Å². The molecule has 19 heavy (non-hydrogen) atoms. The molecule has 3 nitrogen and oxygen atoms in total. The van der Waals surface area contributed by atoms with Crippen LogP contribution in [-0.2, 0) is 24.5 Å². The fourth-order valence-corrected chi connectivity index (χ4v) is 2.49. The molecule has 0 bridgehead atoms. The van der Waals surface area contributed by atoms with Gasteiger partial charge < -0.3 is 14.5 Å². The number of rotatable bonds is 6. The zero-order chi connectivity index (χ0) is 13.7. The number of thiophene rings is 1. The Kier molecular flexibility index (Phi) is 4.80. The molecule has 2 aromatic rings. The summed E-state index contributed by atoms with van der Waals surface area (Å²) in [4.78, 5) is 2.59. The normalized spacial score (nSPS) is 11.9. The molecule has 0 aromatic carbocycles. The summed E-state index contributed by atoms with van der Waals surface area (Å²) in [7, 11) is 0. The summed E-state index contributed by atoms with van der Waals surface area (Å²) >= 11 is 1.79. The highest BCUT2D eigenvalue weighted by atomic mass is 32.1. The molecule has 0 aliphatic rings. The Bertz CT molecular complexity index is 482. The molecule has 0 fully saturated rings. The molecule has 0 spiro atoms. The van der Waals surface area contributed by atoms with Crippen molar-refractivity contribution >= 4 is 11.3 Å². The molecule has 2 aromatic heterocycles. The average Bonchev–Trinajstić information content (AvgIpc) is 2.97. The van der Waals surface area contributed by atoms with E-state index in [0.717, 1.165) is 12.3 Å². The number of hydrogen-bond acceptors (Lipinski definition) is 4. The van der Waals surface area contributed by atoms with E-state index in [1.54, 1.807) is 17.6 Å². The van der Waals surface area contributed by atoms with Crippen LogP contribution in [0.2, 0.25) is 0 Å². The maximum absolute atomic E-state index is 5.62. The van der Waals surface area contributed by atoms with Crippen molar-refractivity contribution in [2.75, 3.05) is 0 Å². The van der Waals surface area contributed by atoms with Crippen LogP contribution in [0.4, 0.5) is 0 Å². The Hall–Kier alpha value is -1.10. The summed E-state index contributed by atoms with van der Waals surface area (Å²) in [6.45, 7) is 8.60. The largest absolute Gasteiger partial charge is 0.467 e. The van der Waals surface area contributed by atoms with Gasteiger partial charge in [0, 0.05) is 21.8 Å². The van der Waals surface area contributed by atoms with Crippen molar-refractivity contribution in [3.8, 4) is 0 Å². The Morgan fingerprint density at radius 2 is 1.95 bits per heavy atom. The third kappa shape index (κ3) is 5.19. The van der Waals surface area contributed by atoms with Crippen LogP contribution in [-0.4, -0.2) is 5.54 Å². The van der Waals surface area contributed by atoms with Crippen molar-refractivity contribution < 1.29 is 9.15 Å². The minimum absolute atomic E-state index is 0.153. The third-order valence-corrected chi connectivity index (χ3v) is 3.64. The molecule has 0 aliphatic carbocycles. The summed E-state index contributed by atoms with van der Waals surface area (Å²) in [6, 6.07) is 8.09. The van der Waals surface area contributed by atoms with Crippen molar-refractivity contribution in [3.63, 3.8) is 0 Å². The van der Waals surface area contributed by atoms with E-state index in [4.69, 9.17) is 9.15 Å². The predicted octanol–water partition coefficient (Wildman–Crippen LogP) is 3.95. The molecule has 0 atom stereocenters. The molecule has 2 heterocycles. The smallest absolute Gasteiger partial charge is 0.129 e. The van der Waals surface area contributed by atoms with Crippen LogP contribution in [0, 0.1) is 0 Å². The molecule has 1 N–H and O–H groups in total. The van der Waals surface area contributed by atoms with Gasteiger partial charge in [0.05, 0.1) is 12.9 Å². The van der Waals surface area contributed by atoms with Crippen LogP contribution in [0.15, 0.2) is 34.9 Å². The second kappa shape index (κ2) is 6.37. The van der Waals surface area contributed by atoms with Gasteiger partial charge in [0.15, 0.2) is 0 Å². The number of hydrogen-bond donors (Lipinski definition) is 1. The van der Waals surface area contributed by atoms with Gasteiger partial charge in [0.2, 0.25) is 0 Å². The first-order valence-corrected chi connectivity index (χ1v) is 7.27. The highest BCUT2D eigenvalue weighted by molar-refractivity contribution is 7.11. The van der Waals surface area contributed by atoms with Crippen molar-refractivity contribution in [1.29, 1.82) is 0 Å². The van der Waals surface area contributed by atoms with Crippen LogP contribution in [0.25, 0.3) is 0 Å². The minimum Gasteiger partial charge on any atom is -0.467 e. The van der Waals surface area contributed by atoms with Crippen molar-refractivity contribution in [2.24, 2.45) is 0 Å². The SMILES string of the molecule is CC(C)(C)NCc1ccc(COCc2ccco2)s1. The quantitative estimate of drug-likeness (QED) is 0.869. The first-order chi connectivity index (χ1) is 9.03. The van der Waals surface area contributed by atoms with E-state index in [2.05, 4.69) is 38.2 Å². The summed E-state index contributed by atoms with van der Waals surface area (Å²) in [6.07, 6.45) is 1.67. The zero-order valence-electron chi connectivity index (χ0n) is 11.7. The summed E-state index contributed by atoms with van der Waals surface area (Å²) < 4.78 is 10.8. The van der Waals surface area contributed by atoms with Crippen LogP contribution in [0.3, 0.4) is 0 Å². The molecule has 104 valence electrons. The molecule has 0 saturated heterocycles. The van der Waals surface area contributed by atoms with E-state index in [1.807, 2.05) is 12.1 Å². The molecule has 0 amide bonds. The minimum atomic E-state index is 0.153. The number of ether oxygens (including phenoxy) is 1. The Morgan fingerprint density at radius 1 is 1.16 bits per heavy atom. The Morgan fingerprint density at radius 3 is 2.63 bits per heavy atom. The van der Waals surface area contributed by atoms with Crippen LogP contribution >= 0.6 is 11.3 Å². The maximum Gasteiger partial charge on any atom is 0.129 e. The topological polar surface area (TPSA) is 34.4 Å². The van der Waals surface area contributed by atoms with Crippen LogP contribution < -0.4 is 5.32 Å². The van der Waals surface area contributed by atoms with E-state index in [9.17, 15) is 0 Å². The van der Waals surface area contributed by atoms with Gasteiger partial charge in [-0.3, -0.25) is 0 Å². The van der Waals surface area contributed by atoms with Gasteiger partial charge in [-0.15, -0.1) is 11.3 Å². The third-order valence-electron chi connectivity index (χ3n) is 2.58. The van der Waals surface area contributed by atoms with Gasteiger partial charge in [-0.05, 0) is 45.0 Å². The van der Waals surface area contributed by atoms with Crippen molar-refractivity contribution in [3.05, 3.63) is 46.0 Å². The van der Waals surface area contributed by atoms with E-state index in [1.165, 1.54) is 9.75 Å². The maximum atomic E-state index is 5.62. The molecule has 0 radical (unpaired) electrons.